The van der Waals surface area contributed by atoms with Gasteiger partial charge in [0.1, 0.15) is 5.78 Å². The van der Waals surface area contributed by atoms with Crippen molar-refractivity contribution in [1.82, 2.24) is 0 Å². The topological polar surface area (TPSA) is 69.7 Å². The molecule has 0 saturated heterocycles. The van der Waals surface area contributed by atoms with Crippen molar-refractivity contribution in [3.8, 4) is 0 Å². The maximum Gasteiger partial charge on any atom is 0.228 e. The van der Waals surface area contributed by atoms with Crippen LogP contribution in [0.4, 0.5) is 0 Å². The van der Waals surface area contributed by atoms with Crippen LogP contribution < -0.4 is 0 Å². The number of Topliss-reactive ketones (excluding diaryl/α,β-unsaturated/α-hetero) is 2. The number of rotatable bonds is 4. The molecule has 0 aromatic rings. The van der Waals surface area contributed by atoms with Crippen molar-refractivity contribution >= 4 is 17.3 Å². The summed E-state index contributed by atoms with van der Waals surface area (Å²) < 4.78 is 9.69. The summed E-state index contributed by atoms with van der Waals surface area (Å²) in [5.74, 6) is -2.04. The Balaban J connectivity index is 3.22. The van der Waals surface area contributed by atoms with Gasteiger partial charge in [-0.15, -0.1) is 0 Å². The molecule has 1 atom stereocenters. The molecule has 0 bridgehead atoms. The number of allylic oxidation sites excluding steroid dienone is 2. The molecule has 0 spiro atoms. The van der Waals surface area contributed by atoms with Gasteiger partial charge in [-0.3, -0.25) is 14.4 Å². The van der Waals surface area contributed by atoms with Crippen molar-refractivity contribution in [1.29, 1.82) is 0 Å². The Morgan fingerprint density at radius 2 is 1.71 bits per heavy atom. The Hall–Kier alpha value is -1.91. The van der Waals surface area contributed by atoms with Crippen molar-refractivity contribution in [2.24, 2.45) is 5.92 Å². The minimum absolute atomic E-state index is 0.128. The summed E-state index contributed by atoms with van der Waals surface area (Å²) in [6.45, 7) is 2.94. The van der Waals surface area contributed by atoms with Crippen molar-refractivity contribution in [2.45, 2.75) is 13.8 Å². The molecule has 0 heterocycles. The van der Waals surface area contributed by atoms with Gasteiger partial charge >= 0.3 is 0 Å². The fourth-order valence-electron chi connectivity index (χ4n) is 1.54. The molecule has 0 N–H and O–H groups in total. The van der Waals surface area contributed by atoms with E-state index in [0.717, 1.165) is 6.08 Å². The lowest BCUT2D eigenvalue weighted by Crippen LogP contribution is -2.26. The molecule has 5 heteroatoms. The number of ketones is 3. The molecule has 0 unspecified atom stereocenters. The normalized spacial score (nSPS) is 17.8. The summed E-state index contributed by atoms with van der Waals surface area (Å²) >= 11 is 0. The zero-order valence-corrected chi connectivity index (χ0v) is 10.2. The van der Waals surface area contributed by atoms with E-state index in [4.69, 9.17) is 9.47 Å². The smallest absolute Gasteiger partial charge is 0.228 e. The van der Waals surface area contributed by atoms with Gasteiger partial charge < -0.3 is 9.47 Å². The van der Waals surface area contributed by atoms with E-state index in [2.05, 4.69) is 0 Å². The molecule has 0 aromatic carbocycles. The quantitative estimate of drug-likeness (QED) is 0.677. The third-order valence-electron chi connectivity index (χ3n) is 2.67. The second-order valence-corrected chi connectivity index (χ2v) is 3.69. The van der Waals surface area contributed by atoms with Gasteiger partial charge in [0.25, 0.3) is 0 Å². The van der Waals surface area contributed by atoms with Gasteiger partial charge in [-0.25, -0.2) is 0 Å². The van der Waals surface area contributed by atoms with Crippen LogP contribution in [-0.2, 0) is 23.9 Å². The summed E-state index contributed by atoms with van der Waals surface area (Å²) in [6.07, 6.45) is 1.13. The fourth-order valence-corrected chi connectivity index (χ4v) is 1.54. The van der Waals surface area contributed by atoms with E-state index < -0.39 is 17.5 Å². The molecule has 92 valence electrons. The highest BCUT2D eigenvalue weighted by Crippen LogP contribution is 2.25. The molecule has 1 rings (SSSR count). The standard InChI is InChI=1S/C12H14O5/c1-6(7(2)13)8-5-9(14)11(16-3)12(17-4)10(8)15/h5-6H,1-4H3/t6-/m0/s1. The number of carbonyl (C=O) groups excluding carboxylic acids is 3. The van der Waals surface area contributed by atoms with E-state index in [1.165, 1.54) is 21.1 Å². The predicted molar refractivity (Wildman–Crippen MR) is 59.0 cm³/mol. The Bertz CT molecular complexity index is 442. The highest BCUT2D eigenvalue weighted by Gasteiger charge is 2.34. The number of hydrogen-bond donors (Lipinski definition) is 0. The summed E-state index contributed by atoms with van der Waals surface area (Å²) in [7, 11) is 2.56. The minimum Gasteiger partial charge on any atom is -0.490 e. The molecular weight excluding hydrogens is 224 g/mol. The molecule has 0 amide bonds. The number of ether oxygens (including phenoxy) is 2. The molecule has 0 saturated carbocycles. The molecule has 1 aliphatic rings. The van der Waals surface area contributed by atoms with Gasteiger partial charge in [0.15, 0.2) is 0 Å². The van der Waals surface area contributed by atoms with Crippen molar-refractivity contribution in [3.63, 3.8) is 0 Å². The van der Waals surface area contributed by atoms with Gasteiger partial charge in [-0.1, -0.05) is 6.92 Å². The van der Waals surface area contributed by atoms with E-state index in [1.807, 2.05) is 0 Å². The second kappa shape index (κ2) is 4.95. The van der Waals surface area contributed by atoms with Crippen LogP contribution in [0.2, 0.25) is 0 Å². The number of carbonyl (C=O) groups is 3. The molecule has 0 radical (unpaired) electrons. The maximum atomic E-state index is 12.0. The van der Waals surface area contributed by atoms with Crippen LogP contribution in [0.1, 0.15) is 13.8 Å². The van der Waals surface area contributed by atoms with E-state index >= 15 is 0 Å². The molecule has 0 fully saturated rings. The van der Waals surface area contributed by atoms with Gasteiger partial charge in [-0.05, 0) is 13.0 Å². The lowest BCUT2D eigenvalue weighted by molar-refractivity contribution is -0.123. The van der Waals surface area contributed by atoms with Crippen LogP contribution in [0.3, 0.4) is 0 Å². The van der Waals surface area contributed by atoms with Crippen molar-refractivity contribution in [2.75, 3.05) is 14.2 Å². The predicted octanol–water partition coefficient (Wildman–Crippen LogP) is 0.794. The highest BCUT2D eigenvalue weighted by atomic mass is 16.5. The average molecular weight is 238 g/mol. The Morgan fingerprint density at radius 1 is 1.18 bits per heavy atom. The second-order valence-electron chi connectivity index (χ2n) is 3.69. The first-order valence-electron chi connectivity index (χ1n) is 5.07. The van der Waals surface area contributed by atoms with Crippen LogP contribution in [0.25, 0.3) is 0 Å². The first-order valence-corrected chi connectivity index (χ1v) is 5.07. The molecule has 5 nitrogen and oxygen atoms in total. The number of hydrogen-bond acceptors (Lipinski definition) is 5. The van der Waals surface area contributed by atoms with E-state index in [-0.39, 0.29) is 22.9 Å². The average Bonchev–Trinajstić information content (AvgIpc) is 2.29. The van der Waals surface area contributed by atoms with Gasteiger partial charge in [0, 0.05) is 11.5 Å². The summed E-state index contributed by atoms with van der Waals surface area (Å²) in [5, 5.41) is 0. The molecular formula is C12H14O5. The van der Waals surface area contributed by atoms with Crippen molar-refractivity contribution < 1.29 is 23.9 Å². The van der Waals surface area contributed by atoms with E-state index in [1.54, 1.807) is 6.92 Å². The number of methoxy groups -OCH3 is 2. The first-order chi connectivity index (χ1) is 7.93. The Morgan fingerprint density at radius 3 is 2.12 bits per heavy atom. The zero-order valence-electron chi connectivity index (χ0n) is 10.2. The maximum absolute atomic E-state index is 12.0. The highest BCUT2D eigenvalue weighted by molar-refractivity contribution is 6.22. The van der Waals surface area contributed by atoms with Crippen LogP contribution >= 0.6 is 0 Å². The van der Waals surface area contributed by atoms with Crippen LogP contribution in [-0.4, -0.2) is 31.6 Å². The van der Waals surface area contributed by atoms with Crippen LogP contribution in [0, 0.1) is 5.92 Å². The van der Waals surface area contributed by atoms with E-state index in [9.17, 15) is 14.4 Å². The third-order valence-corrected chi connectivity index (χ3v) is 2.67. The van der Waals surface area contributed by atoms with Gasteiger partial charge in [0.2, 0.25) is 23.1 Å². The van der Waals surface area contributed by atoms with Crippen LogP contribution in [0.5, 0.6) is 0 Å². The van der Waals surface area contributed by atoms with Crippen LogP contribution in [0.15, 0.2) is 23.2 Å². The summed E-state index contributed by atoms with van der Waals surface area (Å²) in [6, 6.07) is 0. The monoisotopic (exact) mass is 238 g/mol. The molecule has 0 aromatic heterocycles. The summed E-state index contributed by atoms with van der Waals surface area (Å²) in [5.41, 5.74) is 0.139. The lowest BCUT2D eigenvalue weighted by atomic mass is 9.88. The molecule has 1 aliphatic carbocycles. The van der Waals surface area contributed by atoms with Gasteiger partial charge in [0.05, 0.1) is 14.2 Å². The largest absolute Gasteiger partial charge is 0.490 e. The molecule has 0 aliphatic heterocycles. The Kier molecular flexibility index (Phi) is 3.83. The zero-order chi connectivity index (χ0) is 13.2. The lowest BCUT2D eigenvalue weighted by Gasteiger charge is -2.19. The third kappa shape index (κ3) is 2.27. The Labute approximate surface area is 99.1 Å². The van der Waals surface area contributed by atoms with Crippen molar-refractivity contribution in [3.05, 3.63) is 23.2 Å². The fraction of sp³-hybridized carbons (Fsp3) is 0.417. The SMILES string of the molecule is COC1=C(OC)C(=O)C([C@@H](C)C(C)=O)=CC1=O. The first kappa shape index (κ1) is 13.2. The van der Waals surface area contributed by atoms with E-state index in [0.29, 0.717) is 0 Å². The minimum atomic E-state index is -0.630. The summed E-state index contributed by atoms with van der Waals surface area (Å²) in [4.78, 5) is 34.9. The molecule has 17 heavy (non-hydrogen) atoms. The van der Waals surface area contributed by atoms with Gasteiger partial charge in [-0.2, -0.15) is 0 Å².